The quantitative estimate of drug-likeness (QED) is 0.679. The minimum Gasteiger partial charge on any atom is -0.356 e. The lowest BCUT2D eigenvalue weighted by atomic mass is 9.93. The van der Waals surface area contributed by atoms with Gasteiger partial charge in [0.15, 0.2) is 0 Å². The molecule has 1 atom stereocenters. The normalized spacial score (nSPS) is 19.4. The summed E-state index contributed by atoms with van der Waals surface area (Å²) >= 11 is 0. The van der Waals surface area contributed by atoms with Gasteiger partial charge in [-0.3, -0.25) is 4.79 Å². The van der Waals surface area contributed by atoms with Crippen molar-refractivity contribution in [2.75, 3.05) is 19.6 Å². The van der Waals surface area contributed by atoms with Crippen LogP contribution in [0.4, 0.5) is 0 Å². The average Bonchev–Trinajstić information content (AvgIpc) is 2.34. The van der Waals surface area contributed by atoms with Crippen molar-refractivity contribution in [1.82, 2.24) is 10.6 Å². The van der Waals surface area contributed by atoms with Gasteiger partial charge in [-0.2, -0.15) is 0 Å². The van der Waals surface area contributed by atoms with E-state index < -0.39 is 0 Å². The maximum Gasteiger partial charge on any atom is 0.222 e. The Morgan fingerprint density at radius 3 is 2.75 bits per heavy atom. The van der Waals surface area contributed by atoms with Crippen LogP contribution in [0.15, 0.2) is 0 Å². The van der Waals surface area contributed by atoms with Crippen molar-refractivity contribution in [1.29, 1.82) is 0 Å². The molecule has 1 unspecified atom stereocenters. The van der Waals surface area contributed by atoms with Crippen LogP contribution in [0.5, 0.6) is 0 Å². The molecule has 0 bridgehead atoms. The minimum atomic E-state index is 0.166. The molecule has 2 N–H and O–H groups in total. The Morgan fingerprint density at radius 2 is 2.12 bits per heavy atom. The SMILES string of the molecule is CCC(C)C(=O)NCCCC1CCNCC1. The number of piperidine rings is 1. The van der Waals surface area contributed by atoms with Gasteiger partial charge in [-0.15, -0.1) is 0 Å². The highest BCUT2D eigenvalue weighted by atomic mass is 16.1. The van der Waals surface area contributed by atoms with Crippen LogP contribution in [0.1, 0.15) is 46.0 Å². The molecule has 0 aromatic rings. The molecule has 0 radical (unpaired) electrons. The van der Waals surface area contributed by atoms with Crippen molar-refractivity contribution in [2.24, 2.45) is 11.8 Å². The van der Waals surface area contributed by atoms with Crippen LogP contribution in [0.3, 0.4) is 0 Å². The van der Waals surface area contributed by atoms with Gasteiger partial charge < -0.3 is 10.6 Å². The summed E-state index contributed by atoms with van der Waals surface area (Å²) in [5.74, 6) is 1.26. The van der Waals surface area contributed by atoms with E-state index in [0.29, 0.717) is 0 Å². The highest BCUT2D eigenvalue weighted by Gasteiger charge is 2.13. The molecule has 1 amide bonds. The summed E-state index contributed by atoms with van der Waals surface area (Å²) in [6.45, 7) is 7.24. The second kappa shape index (κ2) is 7.66. The molecule has 0 spiro atoms. The molecule has 1 aliphatic heterocycles. The zero-order valence-corrected chi connectivity index (χ0v) is 10.7. The first-order valence-electron chi connectivity index (χ1n) is 6.72. The molecule has 3 heteroatoms. The molecule has 1 saturated heterocycles. The predicted molar refractivity (Wildman–Crippen MR) is 67.3 cm³/mol. The lowest BCUT2D eigenvalue weighted by Gasteiger charge is -2.22. The fourth-order valence-electron chi connectivity index (χ4n) is 2.13. The molecule has 0 aromatic carbocycles. The van der Waals surface area contributed by atoms with E-state index in [1.54, 1.807) is 0 Å². The van der Waals surface area contributed by atoms with Gasteiger partial charge in [0.25, 0.3) is 0 Å². The number of amides is 1. The van der Waals surface area contributed by atoms with Crippen LogP contribution < -0.4 is 10.6 Å². The van der Waals surface area contributed by atoms with Crippen LogP contribution in [0, 0.1) is 11.8 Å². The van der Waals surface area contributed by atoms with E-state index in [2.05, 4.69) is 17.6 Å². The van der Waals surface area contributed by atoms with Gasteiger partial charge in [-0.05, 0) is 51.1 Å². The van der Waals surface area contributed by atoms with Crippen LogP contribution in [-0.2, 0) is 4.79 Å². The molecule has 1 rings (SSSR count). The van der Waals surface area contributed by atoms with Crippen LogP contribution in [-0.4, -0.2) is 25.5 Å². The number of carbonyl (C=O) groups excluding carboxylic acids is 1. The number of nitrogens with one attached hydrogen (secondary N) is 2. The van der Waals surface area contributed by atoms with Gasteiger partial charge >= 0.3 is 0 Å². The standard InChI is InChI=1S/C13H26N2O/c1-3-11(2)13(16)15-8-4-5-12-6-9-14-10-7-12/h11-12,14H,3-10H2,1-2H3,(H,15,16). The van der Waals surface area contributed by atoms with Crippen molar-refractivity contribution in [3.63, 3.8) is 0 Å². The average molecular weight is 226 g/mol. The summed E-state index contributed by atoms with van der Waals surface area (Å²) in [5.41, 5.74) is 0. The number of carbonyl (C=O) groups is 1. The highest BCUT2D eigenvalue weighted by molar-refractivity contribution is 5.78. The second-order valence-corrected chi connectivity index (χ2v) is 4.94. The molecule has 3 nitrogen and oxygen atoms in total. The van der Waals surface area contributed by atoms with Gasteiger partial charge in [0.2, 0.25) is 5.91 Å². The summed E-state index contributed by atoms with van der Waals surface area (Å²) in [6, 6.07) is 0. The van der Waals surface area contributed by atoms with E-state index in [1.165, 1.54) is 32.4 Å². The zero-order valence-electron chi connectivity index (χ0n) is 10.7. The molecule has 0 aromatic heterocycles. The molecule has 1 heterocycles. The zero-order chi connectivity index (χ0) is 11.8. The number of hydrogen-bond acceptors (Lipinski definition) is 2. The summed E-state index contributed by atoms with van der Waals surface area (Å²) in [7, 11) is 0. The number of rotatable bonds is 6. The number of hydrogen-bond donors (Lipinski definition) is 2. The fraction of sp³-hybridized carbons (Fsp3) is 0.923. The van der Waals surface area contributed by atoms with Crippen LogP contribution >= 0.6 is 0 Å². The largest absolute Gasteiger partial charge is 0.356 e. The van der Waals surface area contributed by atoms with Gasteiger partial charge in [0.1, 0.15) is 0 Å². The molecule has 94 valence electrons. The molecule has 0 saturated carbocycles. The predicted octanol–water partition coefficient (Wildman–Crippen LogP) is 1.93. The van der Waals surface area contributed by atoms with E-state index in [9.17, 15) is 4.79 Å². The maximum atomic E-state index is 11.5. The molecular weight excluding hydrogens is 200 g/mol. The third-order valence-corrected chi connectivity index (χ3v) is 3.61. The van der Waals surface area contributed by atoms with Gasteiger partial charge in [0.05, 0.1) is 0 Å². The van der Waals surface area contributed by atoms with Gasteiger partial charge in [-0.1, -0.05) is 13.8 Å². The Hall–Kier alpha value is -0.570. The summed E-state index contributed by atoms with van der Waals surface area (Å²) < 4.78 is 0. The first-order chi connectivity index (χ1) is 7.74. The van der Waals surface area contributed by atoms with E-state index in [-0.39, 0.29) is 11.8 Å². The molecule has 0 aliphatic carbocycles. The van der Waals surface area contributed by atoms with E-state index in [1.807, 2.05) is 6.92 Å². The van der Waals surface area contributed by atoms with Gasteiger partial charge in [-0.25, -0.2) is 0 Å². The van der Waals surface area contributed by atoms with Gasteiger partial charge in [0, 0.05) is 12.5 Å². The third-order valence-electron chi connectivity index (χ3n) is 3.61. The Balaban J connectivity index is 2.00. The van der Waals surface area contributed by atoms with E-state index in [0.717, 1.165) is 25.3 Å². The van der Waals surface area contributed by atoms with Crippen molar-refractivity contribution in [2.45, 2.75) is 46.0 Å². The van der Waals surface area contributed by atoms with E-state index in [4.69, 9.17) is 0 Å². The minimum absolute atomic E-state index is 0.166. The first-order valence-corrected chi connectivity index (χ1v) is 6.72. The summed E-state index contributed by atoms with van der Waals surface area (Å²) in [5, 5.41) is 6.39. The topological polar surface area (TPSA) is 41.1 Å². The smallest absolute Gasteiger partial charge is 0.222 e. The third kappa shape index (κ3) is 4.97. The Labute approximate surface area is 99.4 Å². The lowest BCUT2D eigenvalue weighted by molar-refractivity contribution is -0.124. The molecule has 1 fully saturated rings. The maximum absolute atomic E-state index is 11.5. The summed E-state index contributed by atoms with van der Waals surface area (Å²) in [6.07, 6.45) is 5.94. The summed E-state index contributed by atoms with van der Waals surface area (Å²) in [4.78, 5) is 11.5. The Kier molecular flexibility index (Phi) is 6.46. The van der Waals surface area contributed by atoms with Crippen LogP contribution in [0.25, 0.3) is 0 Å². The van der Waals surface area contributed by atoms with Crippen molar-refractivity contribution >= 4 is 5.91 Å². The Bertz CT molecular complexity index is 200. The second-order valence-electron chi connectivity index (χ2n) is 4.94. The highest BCUT2D eigenvalue weighted by Crippen LogP contribution is 2.17. The lowest BCUT2D eigenvalue weighted by Crippen LogP contribution is -2.31. The first kappa shape index (κ1) is 13.5. The van der Waals surface area contributed by atoms with Crippen molar-refractivity contribution in [3.8, 4) is 0 Å². The molecule has 1 aliphatic rings. The van der Waals surface area contributed by atoms with Crippen LogP contribution in [0.2, 0.25) is 0 Å². The monoisotopic (exact) mass is 226 g/mol. The molecular formula is C13H26N2O. The fourth-order valence-corrected chi connectivity index (χ4v) is 2.13. The molecule has 16 heavy (non-hydrogen) atoms. The Morgan fingerprint density at radius 1 is 1.44 bits per heavy atom. The van der Waals surface area contributed by atoms with Crippen molar-refractivity contribution in [3.05, 3.63) is 0 Å². The van der Waals surface area contributed by atoms with Crippen molar-refractivity contribution < 1.29 is 4.79 Å². The van der Waals surface area contributed by atoms with E-state index >= 15 is 0 Å².